The molecule has 2 saturated carbocycles. The molecular weight excluding hydrogens is 871 g/mol. The van der Waals surface area contributed by atoms with Gasteiger partial charge in [0, 0.05) is 70.2 Å². The first-order valence-corrected chi connectivity index (χ1v) is 26.3. The fourth-order valence-corrected chi connectivity index (χ4v) is 15.3. The minimum atomic E-state index is -0.654. The van der Waals surface area contributed by atoms with Crippen molar-refractivity contribution in [3.63, 3.8) is 0 Å². The molecule has 9 unspecified atom stereocenters. The summed E-state index contributed by atoms with van der Waals surface area (Å²) in [6.45, 7) is 3.10. The molecule has 0 amide bonds. The topological polar surface area (TPSA) is 165 Å². The summed E-state index contributed by atoms with van der Waals surface area (Å²) >= 11 is 0. The summed E-state index contributed by atoms with van der Waals surface area (Å²) in [6, 6.07) is 9.73. The van der Waals surface area contributed by atoms with Crippen molar-refractivity contribution in [2.45, 2.75) is 126 Å². The van der Waals surface area contributed by atoms with Crippen LogP contribution in [0, 0.1) is 23.7 Å². The zero-order valence-electron chi connectivity index (χ0n) is 37.6. The number of phenolic OH excluding ortho intramolecular Hbond substituents is 2. The smallest absolute Gasteiger partial charge is 0.302 e. The first kappa shape index (κ1) is 43.8. The van der Waals surface area contributed by atoms with Crippen LogP contribution in [0.4, 0.5) is 0 Å². The van der Waals surface area contributed by atoms with E-state index in [2.05, 4.69) is 59.8 Å². The maximum Gasteiger partial charge on any atom is 0.302 e. The van der Waals surface area contributed by atoms with Gasteiger partial charge in [-0.25, -0.2) is 0 Å². The van der Waals surface area contributed by atoms with Crippen molar-refractivity contribution >= 4 is 33.6 Å². The Hall–Kier alpha value is -4.71. The molecule has 1 saturated heterocycles. The van der Waals surface area contributed by atoms with Crippen molar-refractivity contribution in [2.75, 3.05) is 24.9 Å². The number of esters is 1. The zero-order valence-corrected chi connectivity index (χ0v) is 39.3. The third kappa shape index (κ3) is 7.84. The predicted octanol–water partition coefficient (Wildman–Crippen LogP) is 8.58. The third-order valence-corrected chi connectivity index (χ3v) is 18.1. The Morgan fingerprint density at radius 1 is 1.06 bits per heavy atom. The Kier molecular flexibility index (Phi) is 11.8. The van der Waals surface area contributed by atoms with Crippen molar-refractivity contribution in [3.8, 4) is 51.7 Å². The molecule has 13 heteroatoms. The van der Waals surface area contributed by atoms with E-state index in [9.17, 15) is 20.1 Å². The summed E-state index contributed by atoms with van der Waals surface area (Å²) in [5.41, 5.74) is 16.6. The van der Waals surface area contributed by atoms with E-state index in [-0.39, 0.29) is 47.8 Å². The van der Waals surface area contributed by atoms with Gasteiger partial charge in [-0.15, -0.1) is 0 Å². The monoisotopic (exact) mass is 929 g/mol. The summed E-state index contributed by atoms with van der Waals surface area (Å²) in [5.74, 6) is 10.8. The molecule has 0 aromatic heterocycles. The predicted molar refractivity (Wildman–Crippen MR) is 258 cm³/mol. The van der Waals surface area contributed by atoms with Crippen molar-refractivity contribution < 1.29 is 39.1 Å². The quantitative estimate of drug-likeness (QED) is 0.0625. The van der Waals surface area contributed by atoms with Crippen molar-refractivity contribution in [2.24, 2.45) is 17.6 Å². The van der Waals surface area contributed by atoms with Crippen LogP contribution in [0.3, 0.4) is 0 Å². The second-order valence-corrected chi connectivity index (χ2v) is 22.2. The van der Waals surface area contributed by atoms with Gasteiger partial charge in [-0.3, -0.25) is 4.79 Å². The Bertz CT molecular complexity index is 2630. The molecule has 3 aromatic rings. The second-order valence-electron chi connectivity index (χ2n) is 19.7. The number of carbonyl (C=O) groups excluding carboxylic acids is 1. The first-order chi connectivity index (χ1) is 32.1. The van der Waals surface area contributed by atoms with E-state index in [0.29, 0.717) is 42.2 Å². The van der Waals surface area contributed by atoms with Crippen LogP contribution in [0.2, 0.25) is 0 Å². The minimum absolute atomic E-state index is 0.0476. The second kappa shape index (κ2) is 17.7. The fourth-order valence-electron chi connectivity index (χ4n) is 12.7. The highest BCUT2D eigenvalue weighted by atomic mass is 33.1. The van der Waals surface area contributed by atoms with E-state index in [4.69, 9.17) is 24.7 Å². The molecule has 9 atom stereocenters. The number of aromatic hydroxyl groups is 2. The highest BCUT2D eigenvalue weighted by Gasteiger charge is 2.51. The van der Waals surface area contributed by atoms with E-state index < -0.39 is 18.8 Å². The number of ether oxygens (including phenoxy) is 4. The van der Waals surface area contributed by atoms with Crippen LogP contribution in [0.5, 0.6) is 28.7 Å². The van der Waals surface area contributed by atoms with Gasteiger partial charge in [0.25, 0.3) is 0 Å². The number of aliphatic hydroxyl groups excluding tert-OH is 1. The summed E-state index contributed by atoms with van der Waals surface area (Å²) in [5, 5.41) is 40.8. The van der Waals surface area contributed by atoms with Crippen molar-refractivity contribution in [1.82, 2.24) is 10.6 Å². The number of fused-ring (bicyclic) bond motifs is 11. The summed E-state index contributed by atoms with van der Waals surface area (Å²) < 4.78 is 26.5. The van der Waals surface area contributed by atoms with Crippen LogP contribution in [0.15, 0.2) is 59.3 Å². The van der Waals surface area contributed by atoms with Crippen LogP contribution in [-0.2, 0) is 27.8 Å². The molecule has 66 heavy (non-hydrogen) atoms. The number of allylic oxidation sites excluding steroid dienone is 3. The van der Waals surface area contributed by atoms with Gasteiger partial charge in [-0.05, 0) is 116 Å². The molecule has 346 valence electrons. The number of hydrogen-bond donors (Lipinski definition) is 6. The molecule has 3 aromatic carbocycles. The molecule has 11 nitrogen and oxygen atoms in total. The average molecular weight is 930 g/mol. The van der Waals surface area contributed by atoms with Gasteiger partial charge in [0.1, 0.15) is 36.1 Å². The van der Waals surface area contributed by atoms with Crippen LogP contribution >= 0.6 is 21.6 Å². The Balaban J connectivity index is 1.13. The number of carbonyl (C=O) groups is 1. The van der Waals surface area contributed by atoms with Crippen LogP contribution in [-0.4, -0.2) is 70.5 Å². The van der Waals surface area contributed by atoms with E-state index in [1.807, 2.05) is 27.7 Å². The number of hydrogen-bond acceptors (Lipinski definition) is 13. The lowest BCUT2D eigenvalue weighted by Crippen LogP contribution is -2.49. The molecule has 5 aliphatic heterocycles. The van der Waals surface area contributed by atoms with Crippen molar-refractivity contribution in [1.29, 1.82) is 0 Å². The minimum Gasteiger partial charge on any atom is -0.508 e. The maximum absolute atomic E-state index is 12.7. The van der Waals surface area contributed by atoms with Gasteiger partial charge in [-0.1, -0.05) is 71.2 Å². The van der Waals surface area contributed by atoms with Gasteiger partial charge >= 0.3 is 5.97 Å². The average Bonchev–Trinajstić information content (AvgIpc) is 3.80. The van der Waals surface area contributed by atoms with Gasteiger partial charge in [0.05, 0.1) is 23.8 Å². The number of aliphatic hydroxyl groups is 1. The van der Waals surface area contributed by atoms with E-state index >= 15 is 0 Å². The van der Waals surface area contributed by atoms with Gasteiger partial charge in [-0.2, -0.15) is 0 Å². The van der Waals surface area contributed by atoms with Gasteiger partial charge in [0.15, 0.2) is 18.3 Å². The molecule has 7 N–H and O–H groups in total. The Morgan fingerprint density at radius 3 is 2.79 bits per heavy atom. The SMILES string of the molecule is CCC1=CC2=C(C#CCc3cc(O)c4c(c3C3Oc5c(ccc6c5C5(CCC(C2)C5)Cc2cc(O)cc(OCO)c2-6)C3COC(C)=O)C=CC2NC3CCCC(CSSCC2O4)C3)NC1N. The number of nitrogens with one attached hydrogen (secondary N) is 2. The summed E-state index contributed by atoms with van der Waals surface area (Å²) in [6.07, 6.45) is 15.4. The third-order valence-electron chi connectivity index (χ3n) is 15.6. The standard InChI is InChI=1S/C53H59N3O8S2/c1-3-31-18-33-16-29-14-15-53(22-29)23-34-19-36(59)21-44(62-27-57)46(34)38-11-10-37-40(24-61-28(2)58)50(64-51(37)48(38)53)47-32(7-5-9-41(33)56-52(31)54)20-43(60)49-39(47)12-13-42-45(63-49)26-66-65-25-30-6-4-8-35(17-30)55-42/h10-13,18-21,29-30,35,40,42,45,50,52,55-57,59-60H,3-4,6-8,14-17,22-27,54H2,1-2H3. The Labute approximate surface area is 394 Å². The molecule has 3 fully saturated rings. The molecule has 6 bridgehead atoms. The summed E-state index contributed by atoms with van der Waals surface area (Å²) in [4.78, 5) is 12.7. The molecule has 8 aliphatic rings. The first-order valence-electron chi connectivity index (χ1n) is 23.9. The van der Waals surface area contributed by atoms with E-state index in [1.54, 1.807) is 12.1 Å². The number of benzene rings is 3. The van der Waals surface area contributed by atoms with Crippen molar-refractivity contribution in [3.05, 3.63) is 92.7 Å². The molecule has 11 rings (SSSR count). The molecule has 0 radical (unpaired) electrons. The largest absolute Gasteiger partial charge is 0.508 e. The highest BCUT2D eigenvalue weighted by Crippen LogP contribution is 2.63. The molecule has 3 aliphatic carbocycles. The number of phenols is 2. The van der Waals surface area contributed by atoms with Gasteiger partial charge in [0.2, 0.25) is 0 Å². The molecular formula is C53H59N3O8S2. The number of rotatable bonds is 5. The molecule has 5 heterocycles. The fraction of sp³-hybridized carbons (Fsp3) is 0.491. The highest BCUT2D eigenvalue weighted by molar-refractivity contribution is 8.76. The number of dihydropyridines is 1. The van der Waals surface area contributed by atoms with Crippen LogP contribution in [0.1, 0.15) is 117 Å². The lowest BCUT2D eigenvalue weighted by molar-refractivity contribution is -0.141. The maximum atomic E-state index is 12.7. The summed E-state index contributed by atoms with van der Waals surface area (Å²) in [7, 11) is 3.77. The van der Waals surface area contributed by atoms with E-state index in [1.165, 1.54) is 19.8 Å². The lowest BCUT2D eigenvalue weighted by atomic mass is 9.65. The van der Waals surface area contributed by atoms with Crippen LogP contribution < -0.4 is 30.6 Å². The normalized spacial score (nSPS) is 30.3. The molecule has 1 spiro atoms. The van der Waals surface area contributed by atoms with Crippen LogP contribution in [0.25, 0.3) is 17.2 Å². The lowest BCUT2D eigenvalue weighted by Gasteiger charge is -2.39. The number of nitrogens with two attached hydrogens (primary N) is 1. The Morgan fingerprint density at radius 2 is 1.94 bits per heavy atom. The van der Waals surface area contributed by atoms with Gasteiger partial charge < -0.3 is 50.6 Å². The zero-order chi connectivity index (χ0) is 45.3. The van der Waals surface area contributed by atoms with E-state index in [0.717, 1.165) is 124 Å².